The van der Waals surface area contributed by atoms with Crippen molar-refractivity contribution in [3.8, 4) is 0 Å². The number of carboxylic acid groups (broad SMARTS) is 1. The molecule has 2 rings (SSSR count). The molecule has 0 aromatic carbocycles. The van der Waals surface area contributed by atoms with Crippen LogP contribution in [0.15, 0.2) is 0 Å². The Labute approximate surface area is 124 Å². The Bertz CT molecular complexity index is 425. The molecule has 2 fully saturated rings. The molecule has 0 aliphatic heterocycles. The first kappa shape index (κ1) is 15.8. The first-order chi connectivity index (χ1) is 9.93. The molecule has 2 saturated carbocycles. The van der Waals surface area contributed by atoms with Crippen LogP contribution in [0.3, 0.4) is 0 Å². The molecule has 0 aromatic heterocycles. The second-order valence-corrected chi connectivity index (χ2v) is 6.41. The molecule has 2 aliphatic rings. The lowest BCUT2D eigenvalue weighted by Gasteiger charge is -2.33. The summed E-state index contributed by atoms with van der Waals surface area (Å²) in [6, 6.07) is 0.268. The number of nitrogens with one attached hydrogen (secondary N) is 1. The lowest BCUT2D eigenvalue weighted by molar-refractivity contribution is -0.155. The van der Waals surface area contributed by atoms with E-state index in [2.05, 4.69) is 5.32 Å². The summed E-state index contributed by atoms with van der Waals surface area (Å²) in [6.07, 6.45) is 5.85. The number of rotatable bonds is 6. The molecule has 0 heterocycles. The van der Waals surface area contributed by atoms with Crippen LogP contribution in [0, 0.1) is 5.41 Å². The molecule has 118 valence electrons. The third-order valence-corrected chi connectivity index (χ3v) is 4.50. The second kappa shape index (κ2) is 6.45. The number of hydrogen-bond acceptors (Lipinski definition) is 3. The molecule has 0 bridgehead atoms. The van der Waals surface area contributed by atoms with Gasteiger partial charge in [-0.25, -0.2) is 0 Å². The van der Waals surface area contributed by atoms with E-state index in [1.54, 1.807) is 7.05 Å². The van der Waals surface area contributed by atoms with Gasteiger partial charge in [0.2, 0.25) is 11.8 Å². The SMILES string of the molecule is CN(CC(=O)NC1CC1)C(=O)CC1(C(=O)O)CCCCC1. The van der Waals surface area contributed by atoms with Gasteiger partial charge in [0.25, 0.3) is 0 Å². The highest BCUT2D eigenvalue weighted by molar-refractivity contribution is 5.88. The standard InChI is InChI=1S/C15H24N2O4/c1-17(10-12(18)16-11-5-6-11)13(19)9-15(14(20)21)7-3-2-4-8-15/h11H,2-10H2,1H3,(H,16,18)(H,20,21). The number of carboxylic acids is 1. The number of nitrogens with zero attached hydrogens (tertiary/aromatic N) is 1. The van der Waals surface area contributed by atoms with Crippen LogP contribution in [0.1, 0.15) is 51.4 Å². The summed E-state index contributed by atoms with van der Waals surface area (Å²) in [4.78, 5) is 36.8. The Morgan fingerprint density at radius 2 is 1.81 bits per heavy atom. The summed E-state index contributed by atoms with van der Waals surface area (Å²) in [5.41, 5.74) is -0.934. The first-order valence-corrected chi connectivity index (χ1v) is 7.70. The molecule has 0 radical (unpaired) electrons. The predicted octanol–water partition coefficient (Wildman–Crippen LogP) is 1.15. The van der Waals surface area contributed by atoms with Crippen LogP contribution in [-0.2, 0) is 14.4 Å². The zero-order valence-electron chi connectivity index (χ0n) is 12.6. The van der Waals surface area contributed by atoms with Crippen molar-refractivity contribution in [2.24, 2.45) is 5.41 Å². The molecule has 0 saturated heterocycles. The summed E-state index contributed by atoms with van der Waals surface area (Å²) < 4.78 is 0. The Kier molecular flexibility index (Phi) is 4.85. The van der Waals surface area contributed by atoms with Crippen LogP contribution in [0.25, 0.3) is 0 Å². The Hall–Kier alpha value is -1.59. The fourth-order valence-electron chi connectivity index (χ4n) is 2.92. The number of amides is 2. The number of carbonyl (C=O) groups excluding carboxylic acids is 2. The van der Waals surface area contributed by atoms with Crippen molar-refractivity contribution >= 4 is 17.8 Å². The van der Waals surface area contributed by atoms with Gasteiger partial charge in [0.1, 0.15) is 0 Å². The normalized spacial score (nSPS) is 20.6. The highest BCUT2D eigenvalue weighted by Crippen LogP contribution is 2.39. The van der Waals surface area contributed by atoms with Gasteiger partial charge in [-0.1, -0.05) is 19.3 Å². The number of likely N-dealkylation sites (N-methyl/N-ethyl adjacent to an activating group) is 1. The van der Waals surface area contributed by atoms with Crippen molar-refractivity contribution in [3.05, 3.63) is 0 Å². The van der Waals surface area contributed by atoms with E-state index in [4.69, 9.17) is 0 Å². The topological polar surface area (TPSA) is 86.7 Å². The Morgan fingerprint density at radius 1 is 1.19 bits per heavy atom. The van der Waals surface area contributed by atoms with Crippen molar-refractivity contribution in [2.75, 3.05) is 13.6 Å². The maximum absolute atomic E-state index is 12.2. The van der Waals surface area contributed by atoms with Gasteiger partial charge in [-0.2, -0.15) is 0 Å². The van der Waals surface area contributed by atoms with Gasteiger partial charge in [0, 0.05) is 19.5 Å². The largest absolute Gasteiger partial charge is 0.481 e. The zero-order chi connectivity index (χ0) is 15.5. The third-order valence-electron chi connectivity index (χ3n) is 4.50. The molecule has 0 atom stereocenters. The smallest absolute Gasteiger partial charge is 0.310 e. The molecule has 21 heavy (non-hydrogen) atoms. The van der Waals surface area contributed by atoms with Crippen molar-refractivity contribution in [2.45, 2.75) is 57.4 Å². The van der Waals surface area contributed by atoms with E-state index in [-0.39, 0.29) is 30.8 Å². The van der Waals surface area contributed by atoms with E-state index < -0.39 is 11.4 Å². The van der Waals surface area contributed by atoms with Crippen molar-refractivity contribution < 1.29 is 19.5 Å². The summed E-state index contributed by atoms with van der Waals surface area (Å²) in [5, 5.41) is 12.3. The zero-order valence-corrected chi connectivity index (χ0v) is 12.6. The predicted molar refractivity (Wildman–Crippen MR) is 76.6 cm³/mol. The van der Waals surface area contributed by atoms with Crippen molar-refractivity contribution in [1.29, 1.82) is 0 Å². The second-order valence-electron chi connectivity index (χ2n) is 6.41. The third kappa shape index (κ3) is 4.19. The van der Waals surface area contributed by atoms with Crippen molar-refractivity contribution in [3.63, 3.8) is 0 Å². The van der Waals surface area contributed by atoms with Crippen LogP contribution in [0.4, 0.5) is 0 Å². The molecule has 0 aromatic rings. The molecule has 2 N–H and O–H groups in total. The van der Waals surface area contributed by atoms with E-state index >= 15 is 0 Å². The Balaban J connectivity index is 1.88. The van der Waals surface area contributed by atoms with Gasteiger partial charge >= 0.3 is 5.97 Å². The highest BCUT2D eigenvalue weighted by atomic mass is 16.4. The minimum atomic E-state index is -0.934. The average Bonchev–Trinajstić information content (AvgIpc) is 3.23. The molecule has 0 unspecified atom stereocenters. The summed E-state index contributed by atoms with van der Waals surface area (Å²) in [5.74, 6) is -1.31. The number of hydrogen-bond donors (Lipinski definition) is 2. The lowest BCUT2D eigenvalue weighted by Crippen LogP contribution is -2.43. The maximum atomic E-state index is 12.2. The molecule has 0 spiro atoms. The molecule has 2 amide bonds. The summed E-state index contributed by atoms with van der Waals surface area (Å²) in [7, 11) is 1.56. The molecule has 6 heteroatoms. The van der Waals surface area contributed by atoms with Crippen LogP contribution < -0.4 is 5.32 Å². The maximum Gasteiger partial charge on any atom is 0.310 e. The quantitative estimate of drug-likeness (QED) is 0.769. The molecule has 6 nitrogen and oxygen atoms in total. The highest BCUT2D eigenvalue weighted by Gasteiger charge is 2.42. The van der Waals surface area contributed by atoms with Gasteiger partial charge in [-0.05, 0) is 25.7 Å². The molecular formula is C15H24N2O4. The van der Waals surface area contributed by atoms with Crippen LogP contribution in [0.5, 0.6) is 0 Å². The average molecular weight is 296 g/mol. The van der Waals surface area contributed by atoms with Crippen LogP contribution in [0.2, 0.25) is 0 Å². The van der Waals surface area contributed by atoms with Gasteiger partial charge in [-0.3, -0.25) is 14.4 Å². The molecule has 2 aliphatic carbocycles. The van der Waals surface area contributed by atoms with E-state index in [1.165, 1.54) is 4.90 Å². The fourth-order valence-corrected chi connectivity index (χ4v) is 2.92. The number of carbonyl (C=O) groups is 3. The van der Waals surface area contributed by atoms with E-state index in [1.807, 2.05) is 0 Å². The van der Waals surface area contributed by atoms with Gasteiger partial charge in [-0.15, -0.1) is 0 Å². The van der Waals surface area contributed by atoms with Gasteiger partial charge in [0.15, 0.2) is 0 Å². The van der Waals surface area contributed by atoms with Gasteiger partial charge < -0.3 is 15.3 Å². The van der Waals surface area contributed by atoms with E-state index in [9.17, 15) is 19.5 Å². The van der Waals surface area contributed by atoms with E-state index in [0.717, 1.165) is 32.1 Å². The Morgan fingerprint density at radius 3 is 2.33 bits per heavy atom. The minimum absolute atomic E-state index is 0.00442. The monoisotopic (exact) mass is 296 g/mol. The first-order valence-electron chi connectivity index (χ1n) is 7.70. The van der Waals surface area contributed by atoms with Crippen molar-refractivity contribution in [1.82, 2.24) is 10.2 Å². The van der Waals surface area contributed by atoms with Crippen LogP contribution >= 0.6 is 0 Å². The summed E-state index contributed by atoms with van der Waals surface area (Å²) in [6.45, 7) is 0.00499. The fraction of sp³-hybridized carbons (Fsp3) is 0.800. The van der Waals surface area contributed by atoms with E-state index in [0.29, 0.717) is 12.8 Å². The van der Waals surface area contributed by atoms with Gasteiger partial charge in [0.05, 0.1) is 12.0 Å². The van der Waals surface area contributed by atoms with Crippen LogP contribution in [-0.4, -0.2) is 47.4 Å². The number of aliphatic carboxylic acids is 1. The summed E-state index contributed by atoms with van der Waals surface area (Å²) >= 11 is 0. The lowest BCUT2D eigenvalue weighted by atomic mass is 9.71. The minimum Gasteiger partial charge on any atom is -0.481 e. The molecular weight excluding hydrogens is 272 g/mol.